The number of nitrogens with zero attached hydrogens (tertiary/aromatic N) is 1. The second kappa shape index (κ2) is 6.35. The van der Waals surface area contributed by atoms with Gasteiger partial charge in [0.1, 0.15) is 18.2 Å². The quantitative estimate of drug-likeness (QED) is 0.792. The van der Waals surface area contributed by atoms with E-state index in [0.717, 1.165) is 11.1 Å². The molecule has 0 saturated heterocycles. The summed E-state index contributed by atoms with van der Waals surface area (Å²) in [5.74, 6) is 0.186. The van der Waals surface area contributed by atoms with Crippen LogP contribution in [0.5, 0.6) is 5.75 Å². The van der Waals surface area contributed by atoms with Crippen molar-refractivity contribution in [2.75, 3.05) is 0 Å². The first-order valence-corrected chi connectivity index (χ1v) is 6.80. The number of benzene rings is 2. The van der Waals surface area contributed by atoms with Crippen molar-refractivity contribution in [2.45, 2.75) is 11.9 Å². The van der Waals surface area contributed by atoms with E-state index in [4.69, 9.17) is 10.00 Å². The zero-order valence-corrected chi connectivity index (χ0v) is 11.7. The molecule has 0 atom stereocenters. The Morgan fingerprint density at radius 1 is 1.11 bits per heavy atom. The molecule has 0 aliphatic heterocycles. The number of hydrogen-bond donors (Lipinski definition) is 0. The summed E-state index contributed by atoms with van der Waals surface area (Å²) in [5, 5.41) is 9.28. The normalized spacial score (nSPS) is 9.95. The van der Waals surface area contributed by atoms with E-state index in [1.165, 1.54) is 12.1 Å². The number of ether oxygens (including phenoxy) is 1. The van der Waals surface area contributed by atoms with Gasteiger partial charge in [-0.2, -0.15) is 5.26 Å². The van der Waals surface area contributed by atoms with Crippen molar-refractivity contribution in [1.82, 2.24) is 0 Å². The molecule has 0 spiro atoms. The van der Waals surface area contributed by atoms with Crippen molar-refractivity contribution in [1.29, 1.82) is 5.26 Å². The predicted molar refractivity (Wildman–Crippen MR) is 74.5 cm³/mol. The molecule has 0 heterocycles. The Balaban J connectivity index is 2.05. The van der Waals surface area contributed by atoms with Gasteiger partial charge in [-0.05, 0) is 35.4 Å². The molecule has 0 fully saturated rings. The summed E-state index contributed by atoms with van der Waals surface area (Å²) < 4.78 is 18.8. The van der Waals surface area contributed by atoms with E-state index in [1.807, 2.05) is 12.1 Å². The minimum atomic E-state index is -0.313. The van der Waals surface area contributed by atoms with Crippen LogP contribution in [0.3, 0.4) is 0 Å². The molecule has 0 aromatic heterocycles. The summed E-state index contributed by atoms with van der Waals surface area (Å²) in [5.41, 5.74) is 2.37. The highest BCUT2D eigenvalue weighted by atomic mass is 79.9. The van der Waals surface area contributed by atoms with Crippen LogP contribution in [0.15, 0.2) is 42.5 Å². The summed E-state index contributed by atoms with van der Waals surface area (Å²) in [6, 6.07) is 13.8. The first-order chi connectivity index (χ1) is 9.21. The van der Waals surface area contributed by atoms with Crippen LogP contribution in [0.2, 0.25) is 0 Å². The highest BCUT2D eigenvalue weighted by Gasteiger charge is 2.02. The van der Waals surface area contributed by atoms with Gasteiger partial charge in [0.15, 0.2) is 0 Å². The fourth-order valence-corrected chi connectivity index (χ4v) is 1.95. The van der Waals surface area contributed by atoms with Crippen LogP contribution in [0.4, 0.5) is 4.39 Å². The number of rotatable bonds is 4. The zero-order chi connectivity index (χ0) is 13.7. The number of halogens is 2. The average molecular weight is 320 g/mol. The lowest BCUT2D eigenvalue weighted by atomic mass is 10.1. The van der Waals surface area contributed by atoms with Gasteiger partial charge in [-0.1, -0.05) is 28.1 Å². The van der Waals surface area contributed by atoms with E-state index in [1.54, 1.807) is 18.2 Å². The molecule has 0 saturated carbocycles. The molecule has 4 heteroatoms. The Kier molecular flexibility index (Phi) is 4.53. The van der Waals surface area contributed by atoms with Crippen molar-refractivity contribution in [3.05, 3.63) is 65.0 Å². The fourth-order valence-electron chi connectivity index (χ4n) is 1.62. The maximum atomic E-state index is 13.3. The Morgan fingerprint density at radius 3 is 2.47 bits per heavy atom. The molecule has 96 valence electrons. The topological polar surface area (TPSA) is 33.0 Å². The fraction of sp³-hybridized carbons (Fsp3) is 0.133. The van der Waals surface area contributed by atoms with Crippen LogP contribution in [0.1, 0.15) is 16.7 Å². The van der Waals surface area contributed by atoms with Crippen molar-refractivity contribution < 1.29 is 9.13 Å². The van der Waals surface area contributed by atoms with E-state index in [9.17, 15) is 4.39 Å². The van der Waals surface area contributed by atoms with Crippen LogP contribution < -0.4 is 4.74 Å². The molecule has 0 bridgehead atoms. The van der Waals surface area contributed by atoms with Gasteiger partial charge in [-0.25, -0.2) is 4.39 Å². The van der Waals surface area contributed by atoms with Gasteiger partial charge in [0.2, 0.25) is 0 Å². The zero-order valence-electron chi connectivity index (χ0n) is 10.1. The summed E-state index contributed by atoms with van der Waals surface area (Å²) >= 11 is 3.28. The summed E-state index contributed by atoms with van der Waals surface area (Å²) in [7, 11) is 0. The Bertz CT molecular complexity index is 605. The van der Waals surface area contributed by atoms with Gasteiger partial charge in [0.25, 0.3) is 0 Å². The van der Waals surface area contributed by atoms with E-state index in [2.05, 4.69) is 22.0 Å². The molecular weight excluding hydrogens is 309 g/mol. The van der Waals surface area contributed by atoms with E-state index in [0.29, 0.717) is 23.2 Å². The minimum Gasteiger partial charge on any atom is -0.489 e. The third kappa shape index (κ3) is 3.80. The van der Waals surface area contributed by atoms with E-state index in [-0.39, 0.29) is 5.82 Å². The van der Waals surface area contributed by atoms with Gasteiger partial charge < -0.3 is 4.74 Å². The predicted octanol–water partition coefficient (Wildman–Crippen LogP) is 4.17. The average Bonchev–Trinajstić information content (AvgIpc) is 2.45. The minimum absolute atomic E-state index is 0.313. The molecule has 2 aromatic rings. The second-order valence-corrected chi connectivity index (χ2v) is 4.59. The third-order valence-corrected chi connectivity index (χ3v) is 3.22. The molecule has 0 aliphatic carbocycles. The SMILES string of the molecule is N#Cc1ccc(COc2cc(F)cc(CBr)c2)cc1. The van der Waals surface area contributed by atoms with E-state index < -0.39 is 0 Å². The van der Waals surface area contributed by atoms with Crippen LogP contribution in [0, 0.1) is 17.1 Å². The van der Waals surface area contributed by atoms with Crippen molar-refractivity contribution in [3.8, 4) is 11.8 Å². The Morgan fingerprint density at radius 2 is 1.84 bits per heavy atom. The number of alkyl halides is 1. The van der Waals surface area contributed by atoms with E-state index >= 15 is 0 Å². The molecule has 0 N–H and O–H groups in total. The molecule has 0 unspecified atom stereocenters. The summed E-state index contributed by atoms with van der Waals surface area (Å²) in [6.45, 7) is 0.344. The highest BCUT2D eigenvalue weighted by Crippen LogP contribution is 2.19. The first kappa shape index (κ1) is 13.6. The molecule has 2 aromatic carbocycles. The standard InChI is InChI=1S/C15H11BrFNO/c16-8-13-5-14(17)7-15(6-13)19-10-12-3-1-11(9-18)2-4-12/h1-7H,8,10H2. The van der Waals surface area contributed by atoms with Crippen LogP contribution >= 0.6 is 15.9 Å². The monoisotopic (exact) mass is 319 g/mol. The van der Waals surface area contributed by atoms with Gasteiger partial charge in [0, 0.05) is 11.4 Å². The molecule has 2 rings (SSSR count). The lowest BCUT2D eigenvalue weighted by molar-refractivity contribution is 0.304. The molecule has 0 radical (unpaired) electrons. The first-order valence-electron chi connectivity index (χ1n) is 5.68. The number of hydrogen-bond acceptors (Lipinski definition) is 2. The Hall–Kier alpha value is -1.86. The van der Waals surface area contributed by atoms with Crippen molar-refractivity contribution in [2.24, 2.45) is 0 Å². The lowest BCUT2D eigenvalue weighted by Gasteiger charge is -2.08. The van der Waals surface area contributed by atoms with Crippen LogP contribution in [0.25, 0.3) is 0 Å². The number of nitriles is 1. The van der Waals surface area contributed by atoms with Gasteiger partial charge >= 0.3 is 0 Å². The summed E-state index contributed by atoms with van der Waals surface area (Å²) in [4.78, 5) is 0. The maximum Gasteiger partial charge on any atom is 0.127 e. The maximum absolute atomic E-state index is 13.3. The molecular formula is C15H11BrFNO. The Labute approximate surface area is 119 Å². The molecule has 2 nitrogen and oxygen atoms in total. The third-order valence-electron chi connectivity index (χ3n) is 2.57. The second-order valence-electron chi connectivity index (χ2n) is 4.03. The van der Waals surface area contributed by atoms with Crippen LogP contribution in [-0.4, -0.2) is 0 Å². The smallest absolute Gasteiger partial charge is 0.127 e. The summed E-state index contributed by atoms with van der Waals surface area (Å²) in [6.07, 6.45) is 0. The van der Waals surface area contributed by atoms with Crippen LogP contribution in [-0.2, 0) is 11.9 Å². The van der Waals surface area contributed by atoms with Crippen molar-refractivity contribution >= 4 is 15.9 Å². The molecule has 0 amide bonds. The highest BCUT2D eigenvalue weighted by molar-refractivity contribution is 9.08. The van der Waals surface area contributed by atoms with Gasteiger partial charge in [0.05, 0.1) is 11.6 Å². The molecule has 0 aliphatic rings. The molecule has 19 heavy (non-hydrogen) atoms. The van der Waals surface area contributed by atoms with Crippen molar-refractivity contribution in [3.63, 3.8) is 0 Å². The van der Waals surface area contributed by atoms with Gasteiger partial charge in [-0.3, -0.25) is 0 Å². The largest absolute Gasteiger partial charge is 0.489 e. The lowest BCUT2D eigenvalue weighted by Crippen LogP contribution is -1.96. The van der Waals surface area contributed by atoms with Gasteiger partial charge in [-0.15, -0.1) is 0 Å².